The second-order valence-electron chi connectivity index (χ2n) is 9.14. The molecule has 34 heavy (non-hydrogen) atoms. The van der Waals surface area contributed by atoms with Gasteiger partial charge < -0.3 is 31.6 Å². The fourth-order valence-corrected chi connectivity index (χ4v) is 6.04. The van der Waals surface area contributed by atoms with Crippen LogP contribution >= 0.6 is 0 Å². The fourth-order valence-electron chi connectivity index (χ4n) is 4.59. The van der Waals surface area contributed by atoms with Gasteiger partial charge >= 0.3 is 0 Å². The number of piperidine rings is 1. The van der Waals surface area contributed by atoms with E-state index < -0.39 is 40.3 Å². The van der Waals surface area contributed by atoms with E-state index in [1.807, 2.05) is 6.07 Å². The number of carboxylic acids is 1. The summed E-state index contributed by atoms with van der Waals surface area (Å²) in [5.74, 6) is -1.53. The zero-order valence-corrected chi connectivity index (χ0v) is 20.3. The summed E-state index contributed by atoms with van der Waals surface area (Å²) in [7, 11) is -4.09. The van der Waals surface area contributed by atoms with E-state index >= 15 is 0 Å². The number of carboxylic acid groups (broad SMARTS) is 1. The first kappa shape index (κ1) is 26.4. The fraction of sp³-hybridized carbons (Fsp3) is 0.636. The lowest BCUT2D eigenvalue weighted by Crippen LogP contribution is -2.58. The van der Waals surface area contributed by atoms with Gasteiger partial charge in [0.25, 0.3) is 0 Å². The van der Waals surface area contributed by atoms with Gasteiger partial charge in [-0.3, -0.25) is 10.1 Å². The maximum absolute atomic E-state index is 13.4. The molecular weight excluding hydrogens is 460 g/mol. The van der Waals surface area contributed by atoms with Crippen molar-refractivity contribution in [2.45, 2.75) is 68.7 Å². The number of carbonyl (C=O) groups excluding carboxylic acids is 2. The Morgan fingerprint density at radius 3 is 2.76 bits per heavy atom. The predicted octanol–water partition coefficient (Wildman–Crippen LogP) is -1.36. The van der Waals surface area contributed by atoms with Crippen LogP contribution in [0.4, 0.5) is 5.69 Å². The predicted molar refractivity (Wildman–Crippen MR) is 126 cm³/mol. The number of likely N-dealkylation sites (tertiary alicyclic amines) is 1. The van der Waals surface area contributed by atoms with Crippen molar-refractivity contribution in [1.29, 1.82) is 0 Å². The van der Waals surface area contributed by atoms with E-state index in [0.717, 1.165) is 12.0 Å². The molecule has 7 N–H and O–H groups in total. The average Bonchev–Trinajstić information content (AvgIpc) is 2.79. The van der Waals surface area contributed by atoms with Crippen molar-refractivity contribution < 1.29 is 23.1 Å². The second kappa shape index (κ2) is 11.5. The maximum Gasteiger partial charge on any atom is 0.243 e. The average molecular weight is 496 g/mol. The number of nitrogens with one attached hydrogen (secondary N) is 3. The minimum absolute atomic E-state index is 0.0758. The van der Waals surface area contributed by atoms with Crippen molar-refractivity contribution >= 4 is 27.6 Å². The number of rotatable bonds is 10. The molecule has 1 aromatic carbocycles. The van der Waals surface area contributed by atoms with E-state index in [1.165, 1.54) is 11.0 Å². The number of fused-ring (bicyclic) bond motifs is 1. The van der Waals surface area contributed by atoms with Crippen molar-refractivity contribution in [2.24, 2.45) is 17.4 Å². The van der Waals surface area contributed by atoms with Crippen LogP contribution in [-0.2, 0) is 26.0 Å². The van der Waals surface area contributed by atoms with E-state index in [4.69, 9.17) is 11.5 Å². The number of sulfonamides is 1. The van der Waals surface area contributed by atoms with Crippen LogP contribution in [0.3, 0.4) is 0 Å². The number of para-hydroxylation sites is 1. The Kier molecular flexibility index (Phi) is 8.88. The molecule has 0 aliphatic carbocycles. The van der Waals surface area contributed by atoms with Crippen LogP contribution in [0.25, 0.3) is 0 Å². The monoisotopic (exact) mass is 495 g/mol. The topological polar surface area (TPSA) is 183 Å². The number of nitrogens with two attached hydrogens (primary N) is 2. The van der Waals surface area contributed by atoms with Gasteiger partial charge in [0.15, 0.2) is 0 Å². The normalized spacial score (nSPS) is 21.6. The quantitative estimate of drug-likeness (QED) is 0.193. The third-order valence-electron chi connectivity index (χ3n) is 6.30. The van der Waals surface area contributed by atoms with Gasteiger partial charge in [0.05, 0.1) is 17.7 Å². The number of hydrogen-bond donors (Lipinski definition) is 5. The molecule has 0 saturated carbocycles. The number of amides is 1. The Bertz CT molecular complexity index is 986. The summed E-state index contributed by atoms with van der Waals surface area (Å²) in [6.07, 6.45) is 2.15. The van der Waals surface area contributed by atoms with Gasteiger partial charge in [-0.25, -0.2) is 8.42 Å². The van der Waals surface area contributed by atoms with E-state index in [0.29, 0.717) is 44.0 Å². The number of hydrogen-bond acceptors (Lipinski definition) is 9. The van der Waals surface area contributed by atoms with Crippen LogP contribution in [-0.4, -0.2) is 63.2 Å². The molecule has 2 unspecified atom stereocenters. The summed E-state index contributed by atoms with van der Waals surface area (Å²) in [4.78, 5) is 26.3. The van der Waals surface area contributed by atoms with Crippen molar-refractivity contribution in [3.05, 3.63) is 23.8 Å². The van der Waals surface area contributed by atoms with Crippen LogP contribution < -0.4 is 31.9 Å². The molecule has 1 fully saturated rings. The molecule has 1 amide bonds. The molecule has 2 aliphatic heterocycles. The Hall–Kier alpha value is -2.25. The largest absolute Gasteiger partial charge is 0.548 e. The highest BCUT2D eigenvalue weighted by molar-refractivity contribution is 7.89. The van der Waals surface area contributed by atoms with Gasteiger partial charge in [0.1, 0.15) is 17.2 Å². The zero-order valence-electron chi connectivity index (χ0n) is 19.5. The van der Waals surface area contributed by atoms with E-state index in [-0.39, 0.29) is 24.3 Å². The third-order valence-corrected chi connectivity index (χ3v) is 7.81. The van der Waals surface area contributed by atoms with Gasteiger partial charge in [0, 0.05) is 13.1 Å². The molecule has 3 rings (SSSR count). The second-order valence-corrected chi connectivity index (χ2v) is 10.8. The Labute approximate surface area is 200 Å². The molecule has 2 aliphatic rings. The molecule has 0 bridgehead atoms. The first-order valence-electron chi connectivity index (χ1n) is 11.7. The van der Waals surface area contributed by atoms with Gasteiger partial charge in [-0.15, -0.1) is 0 Å². The molecule has 1 saturated heterocycles. The van der Waals surface area contributed by atoms with Gasteiger partial charge in [-0.1, -0.05) is 19.1 Å². The lowest BCUT2D eigenvalue weighted by atomic mass is 9.96. The highest BCUT2D eigenvalue weighted by atomic mass is 32.2. The molecule has 2 heterocycles. The number of nitrogens with zero attached hydrogens (tertiary/aromatic N) is 1. The van der Waals surface area contributed by atoms with Crippen molar-refractivity contribution in [2.75, 3.05) is 25.0 Å². The minimum Gasteiger partial charge on any atom is -0.548 e. The standard InChI is InChI=1S/C22H36N6O5S/c1-14-12-15-6-4-9-18(19(15)26-13-14)34(32,33)27-16(7-5-10-25-22(23)24)20(29)28-11-3-2-8-17(28)21(30)31/h4,6,9,14,16-17,22,25-27H,2-3,5,7-8,10-13,23-24H2,1H3,(H,30,31)/p-1/t14?,16-,17?/m0/s1. The van der Waals surface area contributed by atoms with Crippen LogP contribution in [0.5, 0.6) is 0 Å². The molecule has 1 aromatic rings. The molecule has 0 radical (unpaired) electrons. The van der Waals surface area contributed by atoms with E-state index in [2.05, 4.69) is 22.3 Å². The Morgan fingerprint density at radius 1 is 1.29 bits per heavy atom. The van der Waals surface area contributed by atoms with Crippen LogP contribution in [0.2, 0.25) is 0 Å². The summed E-state index contributed by atoms with van der Waals surface area (Å²) in [6.45, 7) is 3.33. The summed E-state index contributed by atoms with van der Waals surface area (Å²) in [5, 5.41) is 17.7. The van der Waals surface area contributed by atoms with E-state index in [9.17, 15) is 23.1 Å². The summed E-state index contributed by atoms with van der Waals surface area (Å²) in [6, 6.07) is 2.87. The lowest BCUT2D eigenvalue weighted by molar-refractivity contribution is -0.312. The molecule has 11 nitrogen and oxygen atoms in total. The van der Waals surface area contributed by atoms with Crippen molar-refractivity contribution in [3.8, 4) is 0 Å². The molecule has 3 atom stereocenters. The third kappa shape index (κ3) is 6.45. The summed E-state index contributed by atoms with van der Waals surface area (Å²) < 4.78 is 29.4. The van der Waals surface area contributed by atoms with Crippen LogP contribution in [0.1, 0.15) is 44.6 Å². The summed E-state index contributed by atoms with van der Waals surface area (Å²) >= 11 is 0. The maximum atomic E-state index is 13.4. The molecule has 0 spiro atoms. The lowest BCUT2D eigenvalue weighted by Gasteiger charge is -2.38. The Balaban J connectivity index is 1.85. The van der Waals surface area contributed by atoms with Crippen LogP contribution in [0, 0.1) is 5.92 Å². The highest BCUT2D eigenvalue weighted by Gasteiger charge is 2.35. The Morgan fingerprint density at radius 2 is 2.06 bits per heavy atom. The zero-order chi connectivity index (χ0) is 24.9. The molecular formula is C22H35N6O5S-. The number of aliphatic carboxylic acids is 1. The first-order valence-corrected chi connectivity index (χ1v) is 13.2. The number of anilines is 1. The minimum atomic E-state index is -4.09. The SMILES string of the molecule is CC1CNc2c(cccc2S(=O)(=O)N[C@@H](CCCNC(N)N)C(=O)N2CCCCC2C(=O)[O-])C1. The van der Waals surface area contributed by atoms with Gasteiger partial charge in [0.2, 0.25) is 15.9 Å². The number of carbonyl (C=O) groups is 2. The van der Waals surface area contributed by atoms with Gasteiger partial charge in [-0.05, 0) is 62.6 Å². The summed E-state index contributed by atoms with van der Waals surface area (Å²) in [5.41, 5.74) is 12.4. The van der Waals surface area contributed by atoms with Gasteiger partial charge in [-0.2, -0.15) is 4.72 Å². The van der Waals surface area contributed by atoms with Crippen LogP contribution in [0.15, 0.2) is 23.1 Å². The molecule has 0 aromatic heterocycles. The molecule has 12 heteroatoms. The smallest absolute Gasteiger partial charge is 0.243 e. The van der Waals surface area contributed by atoms with E-state index in [1.54, 1.807) is 6.07 Å². The van der Waals surface area contributed by atoms with Crippen molar-refractivity contribution in [1.82, 2.24) is 14.9 Å². The highest BCUT2D eigenvalue weighted by Crippen LogP contribution is 2.31. The number of benzene rings is 1. The molecule has 190 valence electrons. The van der Waals surface area contributed by atoms with Crippen molar-refractivity contribution in [3.63, 3.8) is 0 Å². The first-order chi connectivity index (χ1) is 16.1.